The summed E-state index contributed by atoms with van der Waals surface area (Å²) in [5.41, 5.74) is 2.98. The van der Waals surface area contributed by atoms with E-state index in [1.165, 1.54) is 24.2 Å². The zero-order valence-electron chi connectivity index (χ0n) is 16.1. The Hall–Kier alpha value is -2.60. The van der Waals surface area contributed by atoms with Crippen LogP contribution in [0.15, 0.2) is 41.0 Å². The van der Waals surface area contributed by atoms with Crippen LogP contribution in [0.2, 0.25) is 0 Å². The molecule has 0 saturated heterocycles. The molecule has 2 aromatic heterocycles. The second-order valence-corrected chi connectivity index (χ2v) is 8.14. The SMILES string of the molecule is O=C(Nc1ccc2c(c1)nc1n2CC[NH+](Cc2ccco2)C1)C1CCCCC1. The fourth-order valence-corrected chi connectivity index (χ4v) is 4.64. The number of carbonyl (C=O) groups is 1. The van der Waals surface area contributed by atoms with Crippen LogP contribution in [0.5, 0.6) is 0 Å². The van der Waals surface area contributed by atoms with Gasteiger partial charge >= 0.3 is 0 Å². The predicted octanol–water partition coefficient (Wildman–Crippen LogP) is 2.75. The van der Waals surface area contributed by atoms with Crippen molar-refractivity contribution >= 4 is 22.6 Å². The average Bonchev–Trinajstić information content (AvgIpc) is 3.35. The van der Waals surface area contributed by atoms with E-state index in [0.29, 0.717) is 0 Å². The van der Waals surface area contributed by atoms with E-state index in [0.717, 1.165) is 67.3 Å². The maximum atomic E-state index is 12.5. The van der Waals surface area contributed by atoms with Crippen LogP contribution in [0.3, 0.4) is 0 Å². The van der Waals surface area contributed by atoms with Crippen molar-refractivity contribution in [2.75, 3.05) is 11.9 Å². The number of benzene rings is 1. The van der Waals surface area contributed by atoms with Crippen LogP contribution >= 0.6 is 0 Å². The number of rotatable bonds is 4. The minimum Gasteiger partial charge on any atom is -0.463 e. The van der Waals surface area contributed by atoms with Gasteiger partial charge in [-0.1, -0.05) is 19.3 Å². The molecule has 3 aromatic rings. The molecule has 0 spiro atoms. The maximum absolute atomic E-state index is 12.5. The van der Waals surface area contributed by atoms with Gasteiger partial charge in [-0.05, 0) is 43.2 Å². The van der Waals surface area contributed by atoms with Gasteiger partial charge in [0, 0.05) is 11.6 Å². The second-order valence-electron chi connectivity index (χ2n) is 8.14. The third-order valence-electron chi connectivity index (χ3n) is 6.17. The van der Waals surface area contributed by atoms with E-state index < -0.39 is 0 Å². The van der Waals surface area contributed by atoms with Gasteiger partial charge in [0.1, 0.15) is 13.1 Å². The molecule has 146 valence electrons. The number of quaternary nitrogens is 1. The van der Waals surface area contributed by atoms with E-state index in [1.807, 2.05) is 24.3 Å². The molecule has 6 nitrogen and oxygen atoms in total. The lowest BCUT2D eigenvalue weighted by Crippen LogP contribution is -3.10. The largest absolute Gasteiger partial charge is 0.463 e. The molecule has 28 heavy (non-hydrogen) atoms. The van der Waals surface area contributed by atoms with Gasteiger partial charge in [-0.25, -0.2) is 4.98 Å². The molecule has 1 amide bonds. The van der Waals surface area contributed by atoms with Crippen molar-refractivity contribution in [3.05, 3.63) is 48.2 Å². The Balaban J connectivity index is 1.32. The van der Waals surface area contributed by atoms with E-state index in [4.69, 9.17) is 9.40 Å². The molecular weight excluding hydrogens is 352 g/mol. The van der Waals surface area contributed by atoms with Crippen LogP contribution < -0.4 is 10.2 Å². The smallest absolute Gasteiger partial charge is 0.227 e. The highest BCUT2D eigenvalue weighted by atomic mass is 16.3. The van der Waals surface area contributed by atoms with Crippen LogP contribution in [-0.4, -0.2) is 22.0 Å². The van der Waals surface area contributed by atoms with E-state index >= 15 is 0 Å². The van der Waals surface area contributed by atoms with Crippen LogP contribution in [0.25, 0.3) is 11.0 Å². The summed E-state index contributed by atoms with van der Waals surface area (Å²) in [6.45, 7) is 3.78. The van der Waals surface area contributed by atoms with Crippen molar-refractivity contribution in [1.82, 2.24) is 9.55 Å². The molecule has 2 aliphatic rings. The molecule has 2 N–H and O–H groups in total. The van der Waals surface area contributed by atoms with E-state index in [9.17, 15) is 4.79 Å². The summed E-state index contributed by atoms with van der Waals surface area (Å²) in [5, 5.41) is 3.12. The minimum atomic E-state index is 0.164. The van der Waals surface area contributed by atoms with Gasteiger partial charge in [0.15, 0.2) is 11.6 Å². The zero-order chi connectivity index (χ0) is 18.9. The normalized spacial score (nSPS) is 20.2. The first-order valence-corrected chi connectivity index (χ1v) is 10.4. The highest BCUT2D eigenvalue weighted by molar-refractivity contribution is 5.94. The molecule has 1 atom stereocenters. The number of hydrogen-bond donors (Lipinski definition) is 2. The first kappa shape index (κ1) is 17.5. The van der Waals surface area contributed by atoms with Crippen LogP contribution in [0.4, 0.5) is 5.69 Å². The third-order valence-corrected chi connectivity index (χ3v) is 6.17. The Kier molecular flexibility index (Phi) is 4.64. The number of imidazole rings is 1. The van der Waals surface area contributed by atoms with Gasteiger partial charge in [-0.2, -0.15) is 0 Å². The Bertz CT molecular complexity index is 970. The van der Waals surface area contributed by atoms with Gasteiger partial charge in [0.25, 0.3) is 0 Å². The van der Waals surface area contributed by atoms with E-state index in [1.54, 1.807) is 6.26 Å². The van der Waals surface area contributed by atoms with E-state index in [2.05, 4.69) is 16.0 Å². The highest BCUT2D eigenvalue weighted by Crippen LogP contribution is 2.26. The van der Waals surface area contributed by atoms with Gasteiger partial charge in [-0.3, -0.25) is 4.79 Å². The van der Waals surface area contributed by atoms with Crippen LogP contribution in [0, 0.1) is 5.92 Å². The number of anilines is 1. The zero-order valence-corrected chi connectivity index (χ0v) is 16.1. The summed E-state index contributed by atoms with van der Waals surface area (Å²) >= 11 is 0. The topological polar surface area (TPSA) is 64.5 Å². The molecule has 1 saturated carbocycles. The molecular formula is C22H27N4O2+. The number of amides is 1. The summed E-state index contributed by atoms with van der Waals surface area (Å²) in [6, 6.07) is 10.1. The summed E-state index contributed by atoms with van der Waals surface area (Å²) in [5.74, 6) is 2.46. The van der Waals surface area contributed by atoms with E-state index in [-0.39, 0.29) is 11.8 Å². The molecule has 1 fully saturated rings. The monoisotopic (exact) mass is 379 g/mol. The van der Waals surface area contributed by atoms with Crippen molar-refractivity contribution in [1.29, 1.82) is 0 Å². The standard InChI is InChI=1S/C22H26N4O2/c27-22(16-5-2-1-3-6-16)23-17-8-9-20-19(13-17)24-21-15-25(10-11-26(20)21)14-18-7-4-12-28-18/h4,7-9,12-13,16H,1-3,5-6,10-11,14-15H2,(H,23,27)/p+1. The number of carbonyl (C=O) groups excluding carboxylic acids is 1. The average molecular weight is 379 g/mol. The van der Waals surface area contributed by atoms with Gasteiger partial charge in [0.2, 0.25) is 5.91 Å². The quantitative estimate of drug-likeness (QED) is 0.733. The summed E-state index contributed by atoms with van der Waals surface area (Å²) in [6.07, 6.45) is 7.36. The first-order chi connectivity index (χ1) is 13.8. The number of fused-ring (bicyclic) bond motifs is 3. The molecule has 6 heteroatoms. The van der Waals surface area contributed by atoms with Crippen LogP contribution in [0.1, 0.15) is 43.7 Å². The number of aromatic nitrogens is 2. The predicted molar refractivity (Wildman–Crippen MR) is 107 cm³/mol. The van der Waals surface area contributed by atoms with Gasteiger partial charge < -0.3 is 19.2 Å². The molecule has 0 bridgehead atoms. The lowest BCUT2D eigenvalue weighted by Gasteiger charge is -2.24. The molecule has 1 unspecified atom stereocenters. The Morgan fingerprint density at radius 1 is 1.25 bits per heavy atom. The lowest BCUT2D eigenvalue weighted by molar-refractivity contribution is -0.932. The number of nitrogens with one attached hydrogen (secondary N) is 2. The third kappa shape index (κ3) is 3.44. The Morgan fingerprint density at radius 3 is 2.96 bits per heavy atom. The van der Waals surface area contributed by atoms with Crippen molar-refractivity contribution in [3.63, 3.8) is 0 Å². The molecule has 1 aromatic carbocycles. The Morgan fingerprint density at radius 2 is 2.14 bits per heavy atom. The van der Waals surface area contributed by atoms with Gasteiger partial charge in [0.05, 0.1) is 30.4 Å². The van der Waals surface area contributed by atoms with Crippen LogP contribution in [-0.2, 0) is 24.4 Å². The highest BCUT2D eigenvalue weighted by Gasteiger charge is 2.25. The van der Waals surface area contributed by atoms with Crippen molar-refractivity contribution in [2.24, 2.45) is 5.92 Å². The summed E-state index contributed by atoms with van der Waals surface area (Å²) < 4.78 is 7.81. The molecule has 1 aliphatic heterocycles. The number of furan rings is 1. The summed E-state index contributed by atoms with van der Waals surface area (Å²) in [4.78, 5) is 18.9. The second kappa shape index (κ2) is 7.43. The molecule has 5 rings (SSSR count). The van der Waals surface area contributed by atoms with Crippen molar-refractivity contribution in [2.45, 2.75) is 51.7 Å². The summed E-state index contributed by atoms with van der Waals surface area (Å²) in [7, 11) is 0. The maximum Gasteiger partial charge on any atom is 0.227 e. The number of nitrogens with zero attached hydrogens (tertiary/aromatic N) is 2. The molecule has 0 radical (unpaired) electrons. The molecule has 1 aliphatic carbocycles. The fraction of sp³-hybridized carbons (Fsp3) is 0.455. The Labute approximate surface area is 164 Å². The van der Waals surface area contributed by atoms with Crippen molar-refractivity contribution < 1.29 is 14.1 Å². The lowest BCUT2D eigenvalue weighted by atomic mass is 9.88. The minimum absolute atomic E-state index is 0.164. The fourth-order valence-electron chi connectivity index (χ4n) is 4.64. The van der Waals surface area contributed by atoms with Crippen molar-refractivity contribution in [3.8, 4) is 0 Å². The molecule has 3 heterocycles. The first-order valence-electron chi connectivity index (χ1n) is 10.4. The van der Waals surface area contributed by atoms with Gasteiger partial charge in [-0.15, -0.1) is 0 Å². The number of hydrogen-bond acceptors (Lipinski definition) is 3.